The van der Waals surface area contributed by atoms with Crippen LogP contribution in [0.4, 0.5) is 6.01 Å². The van der Waals surface area contributed by atoms with Gasteiger partial charge < -0.3 is 4.42 Å². The number of nitrogens with zero attached hydrogens (tertiary/aromatic N) is 2. The lowest BCUT2D eigenvalue weighted by atomic mass is 10.1. The van der Waals surface area contributed by atoms with Crippen LogP contribution in [-0.2, 0) is 4.79 Å². The fourth-order valence-corrected chi connectivity index (χ4v) is 1.80. The molecule has 0 aliphatic carbocycles. The molecule has 14 heavy (non-hydrogen) atoms. The van der Waals surface area contributed by atoms with Gasteiger partial charge in [0.05, 0.1) is 5.69 Å². The fraction of sp³-hybridized carbons (Fsp3) is 0.556. The molecule has 4 nitrogen and oxygen atoms in total. The number of carbonyl (C=O) groups excluding carboxylic acids is 1. The Bertz CT molecular complexity index is 350. The molecule has 0 bridgehead atoms. The second-order valence-corrected chi connectivity index (χ2v) is 3.89. The number of aryl methyl sites for hydroxylation is 1. The molecule has 2 rings (SSSR count). The minimum Gasteiger partial charge on any atom is -0.431 e. The number of hydrogen-bond donors (Lipinski definition) is 1. The summed E-state index contributed by atoms with van der Waals surface area (Å²) in [5, 5.41) is 0. The van der Waals surface area contributed by atoms with E-state index in [0.29, 0.717) is 24.9 Å². The van der Waals surface area contributed by atoms with E-state index in [1.807, 2.05) is 6.92 Å². The SMILES string of the molecule is Cc1coc(N2CC(CS)CC2=O)n1. The van der Waals surface area contributed by atoms with Crippen LogP contribution in [0.3, 0.4) is 0 Å². The second-order valence-electron chi connectivity index (χ2n) is 3.53. The van der Waals surface area contributed by atoms with Gasteiger partial charge in [-0.25, -0.2) is 0 Å². The monoisotopic (exact) mass is 212 g/mol. The van der Waals surface area contributed by atoms with Crippen LogP contribution >= 0.6 is 12.6 Å². The lowest BCUT2D eigenvalue weighted by Crippen LogP contribution is -2.24. The van der Waals surface area contributed by atoms with E-state index in [-0.39, 0.29) is 5.91 Å². The minimum atomic E-state index is 0.0749. The molecule has 1 aromatic heterocycles. The average molecular weight is 212 g/mol. The van der Waals surface area contributed by atoms with Crippen molar-refractivity contribution in [3.05, 3.63) is 12.0 Å². The molecular weight excluding hydrogens is 200 g/mol. The number of rotatable bonds is 2. The predicted octanol–water partition coefficient (Wildman–Crippen LogP) is 1.27. The van der Waals surface area contributed by atoms with Crippen molar-refractivity contribution in [3.63, 3.8) is 0 Å². The summed E-state index contributed by atoms with van der Waals surface area (Å²) in [6.45, 7) is 2.51. The number of oxazole rings is 1. The van der Waals surface area contributed by atoms with E-state index in [2.05, 4.69) is 17.6 Å². The number of aromatic nitrogens is 1. The molecule has 1 aromatic rings. The van der Waals surface area contributed by atoms with Crippen LogP contribution in [0.2, 0.25) is 0 Å². The molecular formula is C9H12N2O2S. The standard InChI is InChI=1S/C9H12N2O2S/c1-6-4-13-9(10-6)11-3-7(5-14)2-8(11)12/h4,7,14H,2-3,5H2,1H3. The molecule has 1 atom stereocenters. The largest absolute Gasteiger partial charge is 0.431 e. The van der Waals surface area contributed by atoms with Crippen molar-refractivity contribution in [2.45, 2.75) is 13.3 Å². The first kappa shape index (κ1) is 9.58. The molecule has 0 aromatic carbocycles. The molecule has 0 N–H and O–H groups in total. The number of thiol groups is 1. The fourth-order valence-electron chi connectivity index (χ4n) is 1.55. The lowest BCUT2D eigenvalue weighted by molar-refractivity contribution is -0.117. The Morgan fingerprint density at radius 2 is 2.57 bits per heavy atom. The molecule has 0 radical (unpaired) electrons. The highest BCUT2D eigenvalue weighted by molar-refractivity contribution is 7.80. The van der Waals surface area contributed by atoms with Crippen molar-refractivity contribution in [1.82, 2.24) is 4.98 Å². The third-order valence-corrected chi connectivity index (χ3v) is 2.82. The van der Waals surface area contributed by atoms with Gasteiger partial charge in [0.2, 0.25) is 5.91 Å². The van der Waals surface area contributed by atoms with Crippen molar-refractivity contribution < 1.29 is 9.21 Å². The number of amides is 1. The van der Waals surface area contributed by atoms with Gasteiger partial charge in [-0.15, -0.1) is 0 Å². The number of carbonyl (C=O) groups is 1. The Morgan fingerprint density at radius 3 is 3.07 bits per heavy atom. The smallest absolute Gasteiger partial charge is 0.304 e. The highest BCUT2D eigenvalue weighted by Crippen LogP contribution is 2.24. The molecule has 1 amide bonds. The Labute approximate surface area is 87.7 Å². The maximum atomic E-state index is 11.5. The third-order valence-electron chi connectivity index (χ3n) is 2.30. The van der Waals surface area contributed by atoms with Crippen LogP contribution in [0.25, 0.3) is 0 Å². The van der Waals surface area contributed by atoms with Crippen molar-refractivity contribution in [2.75, 3.05) is 17.2 Å². The van der Waals surface area contributed by atoms with Gasteiger partial charge >= 0.3 is 6.01 Å². The van der Waals surface area contributed by atoms with Crippen LogP contribution in [0, 0.1) is 12.8 Å². The van der Waals surface area contributed by atoms with Gasteiger partial charge in [0.15, 0.2) is 0 Å². The zero-order valence-electron chi connectivity index (χ0n) is 7.93. The molecule has 0 spiro atoms. The Balaban J connectivity index is 2.16. The lowest BCUT2D eigenvalue weighted by Gasteiger charge is -2.10. The van der Waals surface area contributed by atoms with Gasteiger partial charge in [-0.2, -0.15) is 17.6 Å². The first-order valence-electron chi connectivity index (χ1n) is 4.54. The van der Waals surface area contributed by atoms with Gasteiger partial charge in [0, 0.05) is 13.0 Å². The van der Waals surface area contributed by atoms with Crippen molar-refractivity contribution in [3.8, 4) is 0 Å². The quantitative estimate of drug-likeness (QED) is 0.751. The van der Waals surface area contributed by atoms with Crippen molar-refractivity contribution >= 4 is 24.6 Å². The van der Waals surface area contributed by atoms with Gasteiger partial charge in [-0.05, 0) is 18.6 Å². The Hall–Kier alpha value is -0.970. The zero-order valence-corrected chi connectivity index (χ0v) is 8.83. The number of hydrogen-bond acceptors (Lipinski definition) is 4. The normalized spacial score (nSPS) is 22.0. The molecule has 0 saturated carbocycles. The topological polar surface area (TPSA) is 46.3 Å². The maximum Gasteiger partial charge on any atom is 0.304 e. The van der Waals surface area contributed by atoms with Crippen LogP contribution in [0.1, 0.15) is 12.1 Å². The maximum absolute atomic E-state index is 11.5. The molecule has 76 valence electrons. The minimum absolute atomic E-state index is 0.0749. The molecule has 1 aliphatic rings. The van der Waals surface area contributed by atoms with E-state index in [1.165, 1.54) is 0 Å². The summed E-state index contributed by atoms with van der Waals surface area (Å²) in [5.74, 6) is 1.12. The molecule has 1 saturated heterocycles. The summed E-state index contributed by atoms with van der Waals surface area (Å²) in [7, 11) is 0. The van der Waals surface area contributed by atoms with E-state index < -0.39 is 0 Å². The van der Waals surface area contributed by atoms with E-state index in [1.54, 1.807) is 11.2 Å². The first-order chi connectivity index (χ1) is 6.70. The highest BCUT2D eigenvalue weighted by Gasteiger charge is 2.32. The Kier molecular flexibility index (Phi) is 2.50. The predicted molar refractivity (Wildman–Crippen MR) is 55.6 cm³/mol. The zero-order chi connectivity index (χ0) is 10.1. The van der Waals surface area contributed by atoms with E-state index in [4.69, 9.17) is 4.42 Å². The highest BCUT2D eigenvalue weighted by atomic mass is 32.1. The molecule has 2 heterocycles. The molecule has 5 heteroatoms. The Morgan fingerprint density at radius 1 is 1.79 bits per heavy atom. The second kappa shape index (κ2) is 3.65. The van der Waals surface area contributed by atoms with Crippen molar-refractivity contribution in [1.29, 1.82) is 0 Å². The molecule has 1 fully saturated rings. The van der Waals surface area contributed by atoms with Gasteiger partial charge in [0.1, 0.15) is 6.26 Å². The third kappa shape index (κ3) is 1.64. The summed E-state index contributed by atoms with van der Waals surface area (Å²) >= 11 is 4.18. The number of anilines is 1. The summed E-state index contributed by atoms with van der Waals surface area (Å²) in [6.07, 6.45) is 2.10. The van der Waals surface area contributed by atoms with Crippen LogP contribution < -0.4 is 4.90 Å². The van der Waals surface area contributed by atoms with E-state index in [0.717, 1.165) is 11.4 Å². The van der Waals surface area contributed by atoms with E-state index >= 15 is 0 Å². The van der Waals surface area contributed by atoms with E-state index in [9.17, 15) is 4.79 Å². The van der Waals surface area contributed by atoms with Gasteiger partial charge in [-0.1, -0.05) is 0 Å². The molecule has 1 unspecified atom stereocenters. The molecule has 1 aliphatic heterocycles. The summed E-state index contributed by atoms with van der Waals surface area (Å²) < 4.78 is 5.18. The summed E-state index contributed by atoms with van der Waals surface area (Å²) in [5.41, 5.74) is 0.794. The van der Waals surface area contributed by atoms with Gasteiger partial charge in [-0.3, -0.25) is 9.69 Å². The van der Waals surface area contributed by atoms with Crippen LogP contribution in [0.5, 0.6) is 0 Å². The summed E-state index contributed by atoms with van der Waals surface area (Å²) in [6, 6.07) is 0.414. The first-order valence-corrected chi connectivity index (χ1v) is 5.17. The summed E-state index contributed by atoms with van der Waals surface area (Å²) in [4.78, 5) is 17.3. The average Bonchev–Trinajstić information content (AvgIpc) is 2.71. The van der Waals surface area contributed by atoms with Crippen LogP contribution in [-0.4, -0.2) is 23.2 Å². The van der Waals surface area contributed by atoms with Crippen molar-refractivity contribution in [2.24, 2.45) is 5.92 Å². The van der Waals surface area contributed by atoms with Gasteiger partial charge in [0.25, 0.3) is 0 Å². The van der Waals surface area contributed by atoms with Crippen LogP contribution in [0.15, 0.2) is 10.7 Å².